The van der Waals surface area contributed by atoms with Crippen LogP contribution >= 0.6 is 0 Å². The number of benzene rings is 2. The summed E-state index contributed by atoms with van der Waals surface area (Å²) < 4.78 is 11.3. The van der Waals surface area contributed by atoms with Gasteiger partial charge in [0.25, 0.3) is 0 Å². The minimum absolute atomic E-state index is 0.554. The van der Waals surface area contributed by atoms with Crippen LogP contribution in [0.15, 0.2) is 60.2 Å². The molecule has 0 aliphatic heterocycles. The Hall–Kier alpha value is -2.22. The zero-order chi connectivity index (χ0) is 14.2. The number of hydrogen-bond acceptors (Lipinski definition) is 2. The maximum Gasteiger partial charge on any atom is 0.131 e. The monoisotopic (exact) mass is 267 g/mol. The maximum atomic E-state index is 5.74. The molecule has 0 aliphatic carbocycles. The average molecular weight is 267 g/mol. The molecule has 0 aromatic heterocycles. The summed E-state index contributed by atoms with van der Waals surface area (Å²) in [6.07, 6.45) is 2.03. The Morgan fingerprint density at radius 2 is 1.90 bits per heavy atom. The van der Waals surface area contributed by atoms with Crippen molar-refractivity contribution < 1.29 is 9.47 Å². The van der Waals surface area contributed by atoms with Crippen molar-refractivity contribution in [1.82, 2.24) is 0 Å². The highest BCUT2D eigenvalue weighted by Crippen LogP contribution is 2.20. The smallest absolute Gasteiger partial charge is 0.131 e. The molecular weight excluding hydrogens is 248 g/mol. The standard InChI is InChI=1S/C18H19O2/c1-15(2)11-12-19-17-9-6-10-18(13-17)20-14-16-7-4-3-5-8-16/h3-8,10-11,13H,12,14H2,1-2H3. The summed E-state index contributed by atoms with van der Waals surface area (Å²) in [4.78, 5) is 0. The van der Waals surface area contributed by atoms with Crippen molar-refractivity contribution in [3.63, 3.8) is 0 Å². The molecule has 2 heteroatoms. The van der Waals surface area contributed by atoms with Crippen molar-refractivity contribution in [2.75, 3.05) is 6.61 Å². The molecule has 0 atom stereocenters. The van der Waals surface area contributed by atoms with Crippen molar-refractivity contribution in [3.8, 4) is 11.5 Å². The van der Waals surface area contributed by atoms with E-state index in [-0.39, 0.29) is 0 Å². The fourth-order valence-electron chi connectivity index (χ4n) is 1.64. The molecule has 2 aromatic carbocycles. The first-order valence-electron chi connectivity index (χ1n) is 6.68. The Kier molecular flexibility index (Phi) is 5.24. The van der Waals surface area contributed by atoms with Crippen LogP contribution in [0.4, 0.5) is 0 Å². The van der Waals surface area contributed by atoms with E-state index in [4.69, 9.17) is 9.47 Å². The number of ether oxygens (including phenoxy) is 2. The predicted octanol–water partition coefficient (Wildman–Crippen LogP) is 4.41. The van der Waals surface area contributed by atoms with Gasteiger partial charge < -0.3 is 9.47 Å². The van der Waals surface area contributed by atoms with E-state index in [0.29, 0.717) is 19.0 Å². The van der Waals surface area contributed by atoms with Crippen molar-refractivity contribution >= 4 is 0 Å². The fourth-order valence-corrected chi connectivity index (χ4v) is 1.64. The second kappa shape index (κ2) is 7.39. The Bertz CT molecular complexity index is 555. The van der Waals surface area contributed by atoms with Gasteiger partial charge in [0.15, 0.2) is 0 Å². The van der Waals surface area contributed by atoms with Crippen LogP contribution in [0.3, 0.4) is 0 Å². The zero-order valence-corrected chi connectivity index (χ0v) is 11.9. The first-order valence-corrected chi connectivity index (χ1v) is 6.68. The van der Waals surface area contributed by atoms with Gasteiger partial charge in [0.1, 0.15) is 24.7 Å². The van der Waals surface area contributed by atoms with Crippen molar-refractivity contribution in [2.24, 2.45) is 0 Å². The molecule has 0 aliphatic rings. The van der Waals surface area contributed by atoms with Crippen LogP contribution in [-0.4, -0.2) is 6.61 Å². The van der Waals surface area contributed by atoms with E-state index < -0.39 is 0 Å². The first-order chi connectivity index (χ1) is 9.74. The molecule has 0 fully saturated rings. The molecule has 0 bridgehead atoms. The van der Waals surface area contributed by atoms with Gasteiger partial charge >= 0.3 is 0 Å². The quantitative estimate of drug-likeness (QED) is 0.722. The predicted molar refractivity (Wildman–Crippen MR) is 81.0 cm³/mol. The molecule has 20 heavy (non-hydrogen) atoms. The average Bonchev–Trinajstić information content (AvgIpc) is 2.46. The molecule has 0 amide bonds. The van der Waals surface area contributed by atoms with Crippen LogP contribution < -0.4 is 9.47 Å². The van der Waals surface area contributed by atoms with Gasteiger partial charge in [-0.25, -0.2) is 0 Å². The van der Waals surface area contributed by atoms with Crippen LogP contribution in [0.2, 0.25) is 0 Å². The van der Waals surface area contributed by atoms with Gasteiger partial charge in [-0.3, -0.25) is 0 Å². The molecule has 0 unspecified atom stereocenters. The molecule has 0 saturated carbocycles. The summed E-state index contributed by atoms with van der Waals surface area (Å²) in [5.74, 6) is 1.49. The number of hydrogen-bond donors (Lipinski definition) is 0. The normalized spacial score (nSPS) is 9.90. The molecule has 2 rings (SSSR count). The van der Waals surface area contributed by atoms with Crippen LogP contribution in [0.25, 0.3) is 0 Å². The largest absolute Gasteiger partial charge is 0.489 e. The molecular formula is C18H19O2. The molecule has 0 saturated heterocycles. The first kappa shape index (κ1) is 14.2. The van der Waals surface area contributed by atoms with Gasteiger partial charge in [-0.1, -0.05) is 35.9 Å². The lowest BCUT2D eigenvalue weighted by atomic mass is 10.2. The van der Waals surface area contributed by atoms with Crippen molar-refractivity contribution in [1.29, 1.82) is 0 Å². The third-order valence-corrected chi connectivity index (χ3v) is 2.73. The Balaban J connectivity index is 1.91. The number of allylic oxidation sites excluding steroid dienone is 1. The lowest BCUT2D eigenvalue weighted by molar-refractivity contribution is 0.301. The van der Waals surface area contributed by atoms with E-state index in [9.17, 15) is 0 Å². The summed E-state index contributed by atoms with van der Waals surface area (Å²) >= 11 is 0. The van der Waals surface area contributed by atoms with E-state index in [0.717, 1.165) is 11.3 Å². The van der Waals surface area contributed by atoms with Crippen LogP contribution in [-0.2, 0) is 6.61 Å². The number of rotatable bonds is 6. The Morgan fingerprint density at radius 1 is 1.10 bits per heavy atom. The van der Waals surface area contributed by atoms with Crippen LogP contribution in [0.1, 0.15) is 19.4 Å². The Morgan fingerprint density at radius 3 is 2.65 bits per heavy atom. The van der Waals surface area contributed by atoms with E-state index in [1.807, 2.05) is 68.5 Å². The van der Waals surface area contributed by atoms with E-state index in [1.165, 1.54) is 5.57 Å². The van der Waals surface area contributed by atoms with Gasteiger partial charge in [-0.15, -0.1) is 0 Å². The van der Waals surface area contributed by atoms with E-state index in [1.54, 1.807) is 0 Å². The summed E-state index contributed by atoms with van der Waals surface area (Å²) in [6, 6.07) is 18.7. The van der Waals surface area contributed by atoms with Gasteiger partial charge in [-0.05, 0) is 37.6 Å². The lowest BCUT2D eigenvalue weighted by Gasteiger charge is -2.08. The lowest BCUT2D eigenvalue weighted by Crippen LogP contribution is -1.97. The highest BCUT2D eigenvalue weighted by Gasteiger charge is 1.99. The highest BCUT2D eigenvalue weighted by molar-refractivity contribution is 5.32. The molecule has 0 spiro atoms. The maximum absolute atomic E-state index is 5.74. The second-order valence-corrected chi connectivity index (χ2v) is 4.76. The summed E-state index contributed by atoms with van der Waals surface area (Å²) in [5, 5.41) is 0. The summed E-state index contributed by atoms with van der Waals surface area (Å²) in [5.41, 5.74) is 2.38. The molecule has 2 nitrogen and oxygen atoms in total. The SMILES string of the molecule is CC(C)=CCOc1[c]ccc(OCc2ccccc2)c1. The van der Waals surface area contributed by atoms with Gasteiger partial charge in [0.2, 0.25) is 0 Å². The topological polar surface area (TPSA) is 18.5 Å². The van der Waals surface area contributed by atoms with Crippen molar-refractivity contribution in [3.05, 3.63) is 71.8 Å². The molecule has 1 radical (unpaired) electrons. The third kappa shape index (κ3) is 4.81. The van der Waals surface area contributed by atoms with Gasteiger partial charge in [0, 0.05) is 12.1 Å². The summed E-state index contributed by atoms with van der Waals surface area (Å²) in [7, 11) is 0. The zero-order valence-electron chi connectivity index (χ0n) is 11.9. The van der Waals surface area contributed by atoms with E-state index in [2.05, 4.69) is 6.07 Å². The fraction of sp³-hybridized carbons (Fsp3) is 0.222. The minimum atomic E-state index is 0.554. The van der Waals surface area contributed by atoms with Crippen LogP contribution in [0.5, 0.6) is 11.5 Å². The Labute approximate surface area is 120 Å². The molecule has 2 aromatic rings. The van der Waals surface area contributed by atoms with Crippen molar-refractivity contribution in [2.45, 2.75) is 20.5 Å². The van der Waals surface area contributed by atoms with Gasteiger partial charge in [-0.2, -0.15) is 0 Å². The van der Waals surface area contributed by atoms with Crippen LogP contribution in [0, 0.1) is 6.07 Å². The summed E-state index contributed by atoms with van der Waals surface area (Å²) in [6.45, 7) is 5.21. The molecule has 103 valence electrons. The van der Waals surface area contributed by atoms with E-state index >= 15 is 0 Å². The minimum Gasteiger partial charge on any atom is -0.489 e. The molecule has 0 heterocycles. The highest BCUT2D eigenvalue weighted by atomic mass is 16.5. The van der Waals surface area contributed by atoms with Gasteiger partial charge in [0.05, 0.1) is 0 Å². The third-order valence-electron chi connectivity index (χ3n) is 2.73. The molecule has 0 N–H and O–H groups in total. The second-order valence-electron chi connectivity index (χ2n) is 4.76.